The van der Waals surface area contributed by atoms with Crippen LogP contribution in [0.15, 0.2) is 0 Å². The summed E-state index contributed by atoms with van der Waals surface area (Å²) in [5.41, 5.74) is 0. The van der Waals surface area contributed by atoms with Gasteiger partial charge in [-0.2, -0.15) is 0 Å². The van der Waals surface area contributed by atoms with Crippen LogP contribution in [-0.2, 0) is 0 Å². The van der Waals surface area contributed by atoms with E-state index in [-0.39, 0.29) is 0 Å². The Kier molecular flexibility index (Phi) is 5.49. The molecule has 0 spiro atoms. The first-order valence-electron chi connectivity index (χ1n) is 6.01. The molecule has 1 aliphatic rings. The third-order valence-electron chi connectivity index (χ3n) is 3.57. The lowest BCUT2D eigenvalue weighted by Crippen LogP contribution is -2.32. The van der Waals surface area contributed by atoms with Gasteiger partial charge in [-0.25, -0.2) is 0 Å². The Hall–Kier alpha value is -0.0800. The Morgan fingerprint density at radius 1 is 1.07 bits per heavy atom. The maximum atomic E-state index is 8.70. The largest absolute Gasteiger partial charge is 0.396 e. The molecule has 1 fully saturated rings. The monoisotopic (exact) mass is 199 g/mol. The van der Waals surface area contributed by atoms with E-state index in [1.807, 2.05) is 0 Å². The summed E-state index contributed by atoms with van der Waals surface area (Å²) in [7, 11) is 4.38. The normalized spacial score (nSPS) is 28.3. The van der Waals surface area contributed by atoms with Gasteiger partial charge in [0.25, 0.3) is 0 Å². The van der Waals surface area contributed by atoms with Crippen LogP contribution in [0.3, 0.4) is 0 Å². The second-order valence-corrected chi connectivity index (χ2v) is 4.86. The van der Waals surface area contributed by atoms with Crippen LogP contribution < -0.4 is 0 Å². The van der Waals surface area contributed by atoms with Gasteiger partial charge in [0.1, 0.15) is 0 Å². The van der Waals surface area contributed by atoms with E-state index in [1.54, 1.807) is 0 Å². The first-order chi connectivity index (χ1) is 6.74. The molecule has 1 saturated carbocycles. The topological polar surface area (TPSA) is 23.5 Å². The van der Waals surface area contributed by atoms with Crippen LogP contribution in [0, 0.1) is 5.92 Å². The standard InChI is InChI=1S/C12H25NO/c1-13(2)12-8-6-11(7-9-12)5-3-4-10-14/h11-12,14H,3-10H2,1-2H3. The van der Waals surface area contributed by atoms with Gasteiger partial charge in [-0.3, -0.25) is 0 Å². The van der Waals surface area contributed by atoms with Crippen molar-refractivity contribution in [1.82, 2.24) is 4.90 Å². The molecular weight excluding hydrogens is 174 g/mol. The van der Waals surface area contributed by atoms with Crippen LogP contribution in [0.25, 0.3) is 0 Å². The summed E-state index contributed by atoms with van der Waals surface area (Å²) in [6.45, 7) is 0.368. The summed E-state index contributed by atoms with van der Waals surface area (Å²) < 4.78 is 0. The number of aliphatic hydroxyl groups excluding tert-OH is 1. The van der Waals surface area contributed by atoms with Gasteiger partial charge < -0.3 is 10.0 Å². The van der Waals surface area contributed by atoms with Gasteiger partial charge >= 0.3 is 0 Å². The highest BCUT2D eigenvalue weighted by Gasteiger charge is 2.21. The molecule has 0 atom stereocenters. The smallest absolute Gasteiger partial charge is 0.0431 e. The Labute approximate surface area is 88.3 Å². The van der Waals surface area contributed by atoms with Gasteiger partial charge in [-0.1, -0.05) is 12.8 Å². The van der Waals surface area contributed by atoms with Gasteiger partial charge in [0.05, 0.1) is 0 Å². The fraction of sp³-hybridized carbons (Fsp3) is 1.00. The number of hydrogen-bond donors (Lipinski definition) is 1. The fourth-order valence-corrected chi connectivity index (χ4v) is 2.49. The molecule has 0 radical (unpaired) electrons. The van der Waals surface area contributed by atoms with Crippen molar-refractivity contribution in [2.45, 2.75) is 51.0 Å². The van der Waals surface area contributed by atoms with E-state index >= 15 is 0 Å². The Bertz CT molecular complexity index is 139. The molecule has 0 aromatic rings. The second-order valence-electron chi connectivity index (χ2n) is 4.86. The van der Waals surface area contributed by atoms with Crippen molar-refractivity contribution in [3.8, 4) is 0 Å². The van der Waals surface area contributed by atoms with Crippen LogP contribution in [0.4, 0.5) is 0 Å². The van der Waals surface area contributed by atoms with Gasteiger partial charge in [0, 0.05) is 12.6 Å². The van der Waals surface area contributed by atoms with E-state index < -0.39 is 0 Å². The molecule has 0 aromatic heterocycles. The van der Waals surface area contributed by atoms with Crippen molar-refractivity contribution >= 4 is 0 Å². The molecule has 2 nitrogen and oxygen atoms in total. The van der Waals surface area contributed by atoms with Crippen molar-refractivity contribution in [1.29, 1.82) is 0 Å². The summed E-state index contributed by atoms with van der Waals surface area (Å²) in [6, 6.07) is 0.823. The molecule has 0 unspecified atom stereocenters. The zero-order valence-corrected chi connectivity index (χ0v) is 9.71. The molecule has 1 N–H and O–H groups in total. The molecule has 0 amide bonds. The number of nitrogens with zero attached hydrogens (tertiary/aromatic N) is 1. The number of hydrogen-bond acceptors (Lipinski definition) is 2. The predicted octanol–water partition coefficient (Wildman–Crippen LogP) is 2.27. The van der Waals surface area contributed by atoms with Gasteiger partial charge in [0.15, 0.2) is 0 Å². The van der Waals surface area contributed by atoms with Crippen molar-refractivity contribution in [3.05, 3.63) is 0 Å². The molecule has 0 saturated heterocycles. The molecule has 1 rings (SSSR count). The van der Waals surface area contributed by atoms with Gasteiger partial charge in [0.2, 0.25) is 0 Å². The summed E-state index contributed by atoms with van der Waals surface area (Å²) in [6.07, 6.45) is 9.08. The highest BCUT2D eigenvalue weighted by Crippen LogP contribution is 2.29. The Morgan fingerprint density at radius 3 is 2.21 bits per heavy atom. The molecule has 0 aliphatic heterocycles. The minimum atomic E-state index is 0.368. The maximum Gasteiger partial charge on any atom is 0.0431 e. The third-order valence-corrected chi connectivity index (χ3v) is 3.57. The molecule has 14 heavy (non-hydrogen) atoms. The van der Waals surface area contributed by atoms with E-state index in [9.17, 15) is 0 Å². The van der Waals surface area contributed by atoms with Crippen molar-refractivity contribution in [2.24, 2.45) is 5.92 Å². The van der Waals surface area contributed by atoms with Gasteiger partial charge in [-0.15, -0.1) is 0 Å². The number of unbranched alkanes of at least 4 members (excludes halogenated alkanes) is 1. The highest BCUT2D eigenvalue weighted by molar-refractivity contribution is 4.76. The summed E-state index contributed by atoms with van der Waals surface area (Å²) in [5, 5.41) is 8.70. The minimum Gasteiger partial charge on any atom is -0.396 e. The average molecular weight is 199 g/mol. The molecular formula is C12H25NO. The quantitative estimate of drug-likeness (QED) is 0.687. The van der Waals surface area contributed by atoms with E-state index in [4.69, 9.17) is 5.11 Å². The fourth-order valence-electron chi connectivity index (χ4n) is 2.49. The van der Waals surface area contributed by atoms with Crippen molar-refractivity contribution < 1.29 is 5.11 Å². The highest BCUT2D eigenvalue weighted by atomic mass is 16.2. The van der Waals surface area contributed by atoms with Crippen LogP contribution in [0.2, 0.25) is 0 Å². The summed E-state index contributed by atoms with van der Waals surface area (Å²) in [5.74, 6) is 0.942. The molecule has 1 aliphatic carbocycles. The van der Waals surface area contributed by atoms with E-state index in [0.717, 1.165) is 18.4 Å². The van der Waals surface area contributed by atoms with Crippen LogP contribution in [-0.4, -0.2) is 36.8 Å². The van der Waals surface area contributed by atoms with E-state index in [1.165, 1.54) is 38.5 Å². The lowest BCUT2D eigenvalue weighted by atomic mass is 9.83. The lowest BCUT2D eigenvalue weighted by molar-refractivity contribution is 0.184. The van der Waals surface area contributed by atoms with Crippen LogP contribution in [0.1, 0.15) is 44.9 Å². The summed E-state index contributed by atoms with van der Waals surface area (Å²) >= 11 is 0. The van der Waals surface area contributed by atoms with E-state index in [0.29, 0.717) is 6.61 Å². The first kappa shape index (κ1) is 12.0. The van der Waals surface area contributed by atoms with Crippen LogP contribution >= 0.6 is 0 Å². The average Bonchev–Trinajstić information content (AvgIpc) is 2.19. The molecule has 0 heterocycles. The van der Waals surface area contributed by atoms with Crippen LogP contribution in [0.5, 0.6) is 0 Å². The molecule has 84 valence electrons. The molecule has 2 heteroatoms. The van der Waals surface area contributed by atoms with E-state index in [2.05, 4.69) is 19.0 Å². The third kappa shape index (κ3) is 3.97. The second kappa shape index (κ2) is 6.41. The number of rotatable bonds is 5. The zero-order chi connectivity index (χ0) is 10.4. The molecule has 0 aromatic carbocycles. The first-order valence-corrected chi connectivity index (χ1v) is 6.01. The predicted molar refractivity (Wildman–Crippen MR) is 60.4 cm³/mol. The molecule has 0 bridgehead atoms. The SMILES string of the molecule is CN(C)C1CCC(CCCCO)CC1. The van der Waals surface area contributed by atoms with Crippen molar-refractivity contribution in [3.63, 3.8) is 0 Å². The minimum absolute atomic E-state index is 0.368. The lowest BCUT2D eigenvalue weighted by Gasteiger charge is -2.32. The number of aliphatic hydroxyl groups is 1. The van der Waals surface area contributed by atoms with Crippen molar-refractivity contribution in [2.75, 3.05) is 20.7 Å². The van der Waals surface area contributed by atoms with Gasteiger partial charge in [-0.05, 0) is 52.1 Å². The Balaban J connectivity index is 2.09. The summed E-state index contributed by atoms with van der Waals surface area (Å²) in [4.78, 5) is 2.37. The maximum absolute atomic E-state index is 8.70. The Morgan fingerprint density at radius 2 is 1.71 bits per heavy atom. The zero-order valence-electron chi connectivity index (χ0n) is 9.71.